The maximum atomic E-state index is 14.3. The summed E-state index contributed by atoms with van der Waals surface area (Å²) in [5.41, 5.74) is 2.35. The van der Waals surface area contributed by atoms with E-state index in [0.29, 0.717) is 6.54 Å². The van der Waals surface area contributed by atoms with Crippen molar-refractivity contribution in [3.8, 4) is 11.8 Å². The molecule has 4 heteroatoms. The molecule has 0 aliphatic carbocycles. The van der Waals surface area contributed by atoms with Gasteiger partial charge in [0.15, 0.2) is 0 Å². The smallest absolute Gasteiger partial charge is 0.133 e. The van der Waals surface area contributed by atoms with Gasteiger partial charge in [-0.2, -0.15) is 0 Å². The van der Waals surface area contributed by atoms with E-state index in [0.717, 1.165) is 30.0 Å². The number of nitrogens with zero attached hydrogens (tertiary/aromatic N) is 1. The number of halogens is 1. The molecule has 0 amide bonds. The highest BCUT2D eigenvalue weighted by Crippen LogP contribution is 2.37. The van der Waals surface area contributed by atoms with Gasteiger partial charge in [0.05, 0.1) is 21.3 Å². The molecule has 0 bridgehead atoms. The zero-order chi connectivity index (χ0) is 16.4. The highest BCUT2D eigenvalue weighted by Gasteiger charge is 2.28. The zero-order valence-electron chi connectivity index (χ0n) is 13.9. The Kier molecular flexibility index (Phi) is 4.89. The van der Waals surface area contributed by atoms with Crippen LogP contribution in [0, 0.1) is 11.8 Å². The first-order valence-electron chi connectivity index (χ1n) is 8.20. The summed E-state index contributed by atoms with van der Waals surface area (Å²) in [4.78, 5) is 3.19. The Labute approximate surface area is 141 Å². The normalized spacial score (nSPS) is 21.9. The van der Waals surface area contributed by atoms with Gasteiger partial charge in [-0.15, -0.1) is 17.3 Å². The van der Waals surface area contributed by atoms with Gasteiger partial charge in [0.1, 0.15) is 6.17 Å². The van der Waals surface area contributed by atoms with Crippen molar-refractivity contribution < 1.29 is 4.39 Å². The molecule has 1 aromatic carbocycles. The van der Waals surface area contributed by atoms with E-state index in [4.69, 9.17) is 0 Å². The Balaban J connectivity index is 1.96. The third kappa shape index (κ3) is 3.22. The first kappa shape index (κ1) is 16.3. The number of hydrogen-bond acceptors (Lipinski definition) is 3. The second kappa shape index (κ2) is 6.90. The molecule has 0 spiro atoms. The number of anilines is 1. The molecule has 2 nitrogen and oxygen atoms in total. The predicted molar refractivity (Wildman–Crippen MR) is 98.2 cm³/mol. The number of piperidine rings is 1. The third-order valence-electron chi connectivity index (χ3n) is 4.50. The lowest BCUT2D eigenvalue weighted by Crippen LogP contribution is -2.46. The van der Waals surface area contributed by atoms with Crippen molar-refractivity contribution in [1.82, 2.24) is 4.90 Å². The predicted octanol–water partition coefficient (Wildman–Crippen LogP) is 4.29. The lowest BCUT2D eigenvalue weighted by atomic mass is 10.0. The molecule has 1 N–H and O–H groups in total. The van der Waals surface area contributed by atoms with Gasteiger partial charge in [-0.3, -0.25) is 0 Å². The van der Waals surface area contributed by atoms with Gasteiger partial charge in [-0.25, -0.2) is 4.39 Å². The van der Waals surface area contributed by atoms with Crippen LogP contribution in [0.2, 0.25) is 0 Å². The average molecular weight is 330 g/mol. The Morgan fingerprint density at radius 1 is 1.43 bits per heavy atom. The minimum absolute atomic E-state index is 0.107. The molecule has 2 aromatic rings. The van der Waals surface area contributed by atoms with E-state index in [9.17, 15) is 4.39 Å². The van der Waals surface area contributed by atoms with E-state index in [2.05, 4.69) is 47.2 Å². The molecule has 122 valence electrons. The zero-order valence-corrected chi connectivity index (χ0v) is 14.8. The summed E-state index contributed by atoms with van der Waals surface area (Å²) in [6, 6.07) is 6.16. The summed E-state index contributed by atoms with van der Waals surface area (Å²) in [5.74, 6) is 6.23. The molecular weight excluding hydrogens is 307 g/mol. The number of alkyl halides is 1. The SMILES string of the molecule is CC#Cc1sc2c(N[C@H]3CCN(C)C[C@@H]3F)cccc2c1CC. The molecule has 1 aliphatic heterocycles. The summed E-state index contributed by atoms with van der Waals surface area (Å²) in [5, 5.41) is 4.71. The van der Waals surface area contributed by atoms with E-state index >= 15 is 0 Å². The number of nitrogens with one attached hydrogen (secondary N) is 1. The van der Waals surface area contributed by atoms with Crippen molar-refractivity contribution in [2.75, 3.05) is 25.5 Å². The summed E-state index contributed by atoms with van der Waals surface area (Å²) < 4.78 is 15.5. The van der Waals surface area contributed by atoms with Crippen LogP contribution < -0.4 is 5.32 Å². The number of fused-ring (bicyclic) bond motifs is 1. The van der Waals surface area contributed by atoms with Gasteiger partial charge in [-0.1, -0.05) is 25.0 Å². The van der Waals surface area contributed by atoms with Crippen LogP contribution in [0.3, 0.4) is 0 Å². The number of aryl methyl sites for hydroxylation is 1. The van der Waals surface area contributed by atoms with E-state index in [1.165, 1.54) is 15.6 Å². The fourth-order valence-corrected chi connectivity index (χ4v) is 4.54. The first-order valence-corrected chi connectivity index (χ1v) is 9.02. The average Bonchev–Trinajstić information content (AvgIpc) is 2.88. The molecule has 2 heterocycles. The summed E-state index contributed by atoms with van der Waals surface area (Å²) >= 11 is 1.72. The van der Waals surface area contributed by atoms with Gasteiger partial charge in [-0.05, 0) is 43.8 Å². The Morgan fingerprint density at radius 3 is 2.96 bits per heavy atom. The lowest BCUT2D eigenvalue weighted by molar-refractivity contribution is 0.149. The van der Waals surface area contributed by atoms with Gasteiger partial charge >= 0.3 is 0 Å². The van der Waals surface area contributed by atoms with E-state index in [-0.39, 0.29) is 6.04 Å². The third-order valence-corrected chi connectivity index (χ3v) is 5.69. The number of thiophene rings is 1. The summed E-state index contributed by atoms with van der Waals surface area (Å²) in [6.07, 6.45) is 0.972. The second-order valence-electron chi connectivity index (χ2n) is 6.14. The molecule has 2 atom stereocenters. The lowest BCUT2D eigenvalue weighted by Gasteiger charge is -2.33. The minimum Gasteiger partial charge on any atom is -0.378 e. The molecular formula is C19H23FN2S. The maximum Gasteiger partial charge on any atom is 0.133 e. The molecule has 0 saturated carbocycles. The first-order chi connectivity index (χ1) is 11.1. The molecule has 1 fully saturated rings. The highest BCUT2D eigenvalue weighted by atomic mass is 32.1. The van der Waals surface area contributed by atoms with Crippen LogP contribution in [0.5, 0.6) is 0 Å². The van der Waals surface area contributed by atoms with Gasteiger partial charge < -0.3 is 10.2 Å². The standard InChI is InChI=1S/C19H23FN2S/c1-4-7-18-13(5-2)14-8-6-9-17(19(14)23-18)21-16-10-11-22(3)12-15(16)20/h6,8-9,15-16,21H,5,10-12H2,1-3H3/t15-,16-/m0/s1. The van der Waals surface area contributed by atoms with Crippen molar-refractivity contribution >= 4 is 27.1 Å². The number of hydrogen-bond donors (Lipinski definition) is 1. The van der Waals surface area contributed by atoms with E-state index < -0.39 is 6.17 Å². The summed E-state index contributed by atoms with van der Waals surface area (Å²) in [6.45, 7) is 5.47. The second-order valence-corrected chi connectivity index (χ2v) is 7.16. The molecule has 0 unspecified atom stereocenters. The Bertz CT molecular complexity index is 756. The van der Waals surface area contributed by atoms with Crippen LogP contribution >= 0.6 is 11.3 Å². The topological polar surface area (TPSA) is 15.3 Å². The van der Waals surface area contributed by atoms with Gasteiger partial charge in [0.2, 0.25) is 0 Å². The van der Waals surface area contributed by atoms with E-state index in [1.807, 2.05) is 14.0 Å². The fourth-order valence-electron chi connectivity index (χ4n) is 3.27. The quantitative estimate of drug-likeness (QED) is 0.845. The number of rotatable bonds is 3. The Hall–Kier alpha value is -1.57. The van der Waals surface area contributed by atoms with Crippen molar-refractivity contribution in [3.05, 3.63) is 28.6 Å². The van der Waals surface area contributed by atoms with Crippen molar-refractivity contribution in [2.45, 2.75) is 38.9 Å². The summed E-state index contributed by atoms with van der Waals surface area (Å²) in [7, 11) is 1.98. The number of likely N-dealkylation sites (tertiary alicyclic amines) is 1. The molecule has 0 radical (unpaired) electrons. The Morgan fingerprint density at radius 2 is 2.26 bits per heavy atom. The van der Waals surface area contributed by atoms with Crippen LogP contribution in [-0.4, -0.2) is 37.3 Å². The largest absolute Gasteiger partial charge is 0.378 e. The maximum absolute atomic E-state index is 14.3. The van der Waals surface area contributed by atoms with Gasteiger partial charge in [0.25, 0.3) is 0 Å². The van der Waals surface area contributed by atoms with Crippen molar-refractivity contribution in [1.29, 1.82) is 0 Å². The molecule has 1 saturated heterocycles. The number of benzene rings is 1. The van der Waals surface area contributed by atoms with Crippen LogP contribution in [0.4, 0.5) is 10.1 Å². The van der Waals surface area contributed by atoms with Crippen molar-refractivity contribution in [2.24, 2.45) is 0 Å². The van der Waals surface area contributed by atoms with Crippen LogP contribution in [0.1, 0.15) is 30.7 Å². The molecule has 1 aromatic heterocycles. The van der Waals surface area contributed by atoms with Crippen molar-refractivity contribution in [3.63, 3.8) is 0 Å². The molecule has 3 rings (SSSR count). The monoisotopic (exact) mass is 330 g/mol. The van der Waals surface area contributed by atoms with Crippen LogP contribution in [0.25, 0.3) is 10.1 Å². The van der Waals surface area contributed by atoms with Gasteiger partial charge in [0, 0.05) is 13.1 Å². The van der Waals surface area contributed by atoms with Crippen LogP contribution in [0.15, 0.2) is 18.2 Å². The molecule has 1 aliphatic rings. The fraction of sp³-hybridized carbons (Fsp3) is 0.474. The van der Waals surface area contributed by atoms with Crippen LogP contribution in [-0.2, 0) is 6.42 Å². The molecule has 23 heavy (non-hydrogen) atoms. The van der Waals surface area contributed by atoms with E-state index in [1.54, 1.807) is 11.3 Å². The highest BCUT2D eigenvalue weighted by molar-refractivity contribution is 7.20. The minimum atomic E-state index is -0.829.